The van der Waals surface area contributed by atoms with Crippen molar-refractivity contribution < 1.29 is 18.7 Å². The molecule has 20 heavy (non-hydrogen) atoms. The fraction of sp³-hybridized carbons (Fsp3) is 0.667. The number of urea groups is 1. The normalized spacial score (nSPS) is 12.8. The summed E-state index contributed by atoms with van der Waals surface area (Å²) in [4.78, 5) is 11.5. The Morgan fingerprint density at radius 2 is 2.20 bits per heavy atom. The van der Waals surface area contributed by atoms with E-state index in [1.54, 1.807) is 0 Å². The summed E-state index contributed by atoms with van der Waals surface area (Å²) in [5.74, 6) is 0.132. The highest BCUT2D eigenvalue weighted by Crippen LogP contribution is 2.07. The lowest BCUT2D eigenvalue weighted by Crippen LogP contribution is -2.32. The molecule has 1 aromatic heterocycles. The van der Waals surface area contributed by atoms with Crippen LogP contribution in [0.5, 0.6) is 0 Å². The van der Waals surface area contributed by atoms with Crippen LogP contribution in [0.2, 0.25) is 0 Å². The molecule has 0 saturated carbocycles. The second-order valence-corrected chi connectivity index (χ2v) is 4.82. The molecule has 3 N–H and O–H groups in total. The molecule has 114 valence electrons. The standard InChI is InChI=1S/C12H20F2N4O2/c1-8(2)10(19)3-4-15-12(20)17-9-5-16-18(6-9)7-11(13)14/h5-6,8,10-11,19H,3-4,7H2,1-2H3,(H2,15,17,20). The number of carbonyl (C=O) groups is 1. The van der Waals surface area contributed by atoms with Crippen LogP contribution in [-0.4, -0.2) is 40.0 Å². The summed E-state index contributed by atoms with van der Waals surface area (Å²) in [6, 6.07) is -0.461. The SMILES string of the molecule is CC(C)C(O)CCNC(=O)Nc1cnn(CC(F)F)c1. The van der Waals surface area contributed by atoms with Gasteiger partial charge in [0.15, 0.2) is 0 Å². The number of halogens is 2. The van der Waals surface area contributed by atoms with E-state index in [9.17, 15) is 18.7 Å². The second kappa shape index (κ2) is 7.78. The van der Waals surface area contributed by atoms with Gasteiger partial charge in [-0.05, 0) is 12.3 Å². The highest BCUT2D eigenvalue weighted by atomic mass is 19.3. The number of alkyl halides is 2. The van der Waals surface area contributed by atoms with Gasteiger partial charge in [-0.25, -0.2) is 13.6 Å². The zero-order valence-corrected chi connectivity index (χ0v) is 11.5. The average Bonchev–Trinajstić information content (AvgIpc) is 2.75. The molecular weight excluding hydrogens is 270 g/mol. The third-order valence-corrected chi connectivity index (χ3v) is 2.71. The van der Waals surface area contributed by atoms with Gasteiger partial charge < -0.3 is 15.7 Å². The van der Waals surface area contributed by atoms with Crippen molar-refractivity contribution in [1.82, 2.24) is 15.1 Å². The molecule has 0 spiro atoms. The van der Waals surface area contributed by atoms with Crippen molar-refractivity contribution in [2.24, 2.45) is 5.92 Å². The molecule has 0 aliphatic carbocycles. The third kappa shape index (κ3) is 5.96. The topological polar surface area (TPSA) is 79.2 Å². The Labute approximate surface area is 116 Å². The number of amides is 2. The molecule has 8 heteroatoms. The molecule has 0 bridgehead atoms. The molecule has 1 atom stereocenters. The first-order chi connectivity index (χ1) is 9.38. The molecule has 1 unspecified atom stereocenters. The molecule has 1 heterocycles. The summed E-state index contributed by atoms with van der Waals surface area (Å²) in [5.41, 5.74) is 0.340. The van der Waals surface area contributed by atoms with Gasteiger partial charge in [-0.15, -0.1) is 0 Å². The summed E-state index contributed by atoms with van der Waals surface area (Å²) in [7, 11) is 0. The van der Waals surface area contributed by atoms with Gasteiger partial charge in [-0.1, -0.05) is 13.8 Å². The Morgan fingerprint density at radius 3 is 2.80 bits per heavy atom. The number of nitrogens with one attached hydrogen (secondary N) is 2. The van der Waals surface area contributed by atoms with Crippen LogP contribution in [0.4, 0.5) is 19.3 Å². The minimum Gasteiger partial charge on any atom is -0.393 e. The van der Waals surface area contributed by atoms with Crippen LogP contribution in [0.15, 0.2) is 12.4 Å². The van der Waals surface area contributed by atoms with Crippen molar-refractivity contribution in [3.05, 3.63) is 12.4 Å². The molecule has 0 aliphatic heterocycles. The molecule has 0 fully saturated rings. The smallest absolute Gasteiger partial charge is 0.319 e. The summed E-state index contributed by atoms with van der Waals surface area (Å²) >= 11 is 0. The van der Waals surface area contributed by atoms with E-state index in [-0.39, 0.29) is 5.92 Å². The number of carbonyl (C=O) groups excluding carboxylic acids is 1. The molecular formula is C12H20F2N4O2. The van der Waals surface area contributed by atoms with Crippen molar-refractivity contribution in [1.29, 1.82) is 0 Å². The number of aliphatic hydroxyl groups is 1. The molecule has 0 aromatic carbocycles. The number of aliphatic hydroxyl groups excluding tert-OH is 1. The monoisotopic (exact) mass is 290 g/mol. The summed E-state index contributed by atoms with van der Waals surface area (Å²) in [6.07, 6.45) is 0.119. The van der Waals surface area contributed by atoms with Crippen LogP contribution >= 0.6 is 0 Å². The lowest BCUT2D eigenvalue weighted by Gasteiger charge is -2.14. The quantitative estimate of drug-likeness (QED) is 0.715. The Hall–Kier alpha value is -1.70. The van der Waals surface area contributed by atoms with Crippen molar-refractivity contribution in [3.63, 3.8) is 0 Å². The van der Waals surface area contributed by atoms with Gasteiger partial charge in [-0.3, -0.25) is 4.68 Å². The largest absolute Gasteiger partial charge is 0.393 e. The number of aromatic nitrogens is 2. The third-order valence-electron chi connectivity index (χ3n) is 2.71. The van der Waals surface area contributed by atoms with Crippen molar-refractivity contribution in [2.75, 3.05) is 11.9 Å². The Morgan fingerprint density at radius 1 is 1.50 bits per heavy atom. The van der Waals surface area contributed by atoms with Gasteiger partial charge in [0.05, 0.1) is 18.0 Å². The first kappa shape index (κ1) is 16.4. The second-order valence-electron chi connectivity index (χ2n) is 4.82. The number of nitrogens with zero attached hydrogens (tertiary/aromatic N) is 2. The molecule has 1 aromatic rings. The maximum Gasteiger partial charge on any atom is 0.319 e. The molecule has 2 amide bonds. The van der Waals surface area contributed by atoms with Gasteiger partial charge >= 0.3 is 6.03 Å². The van der Waals surface area contributed by atoms with Crippen molar-refractivity contribution in [3.8, 4) is 0 Å². The average molecular weight is 290 g/mol. The lowest BCUT2D eigenvalue weighted by molar-refractivity contribution is 0.117. The van der Waals surface area contributed by atoms with Crippen LogP contribution in [0.1, 0.15) is 20.3 Å². The minimum absolute atomic E-state index is 0.132. The summed E-state index contributed by atoms with van der Waals surface area (Å²) in [5, 5.41) is 18.3. The number of rotatable bonds is 7. The fourth-order valence-corrected chi connectivity index (χ4v) is 1.51. The molecule has 0 radical (unpaired) electrons. The highest BCUT2D eigenvalue weighted by molar-refractivity contribution is 5.88. The first-order valence-electron chi connectivity index (χ1n) is 6.42. The van der Waals surface area contributed by atoms with Crippen LogP contribution < -0.4 is 10.6 Å². The summed E-state index contributed by atoms with van der Waals surface area (Å²) in [6.45, 7) is 3.60. The minimum atomic E-state index is -2.49. The van der Waals surface area contributed by atoms with Gasteiger partial charge in [0.2, 0.25) is 0 Å². The molecule has 0 saturated heterocycles. The van der Waals surface area contributed by atoms with E-state index in [2.05, 4.69) is 15.7 Å². The Kier molecular flexibility index (Phi) is 6.37. The van der Waals surface area contributed by atoms with Gasteiger partial charge in [0.1, 0.15) is 6.54 Å². The highest BCUT2D eigenvalue weighted by Gasteiger charge is 2.10. The van der Waals surface area contributed by atoms with E-state index in [1.807, 2.05) is 13.8 Å². The van der Waals surface area contributed by atoms with Crippen LogP contribution in [-0.2, 0) is 6.54 Å². The van der Waals surface area contributed by atoms with Crippen molar-refractivity contribution >= 4 is 11.7 Å². The zero-order chi connectivity index (χ0) is 15.1. The first-order valence-corrected chi connectivity index (χ1v) is 6.42. The molecule has 1 rings (SSSR count). The van der Waals surface area contributed by atoms with Crippen LogP contribution in [0, 0.1) is 5.92 Å². The number of hydrogen-bond donors (Lipinski definition) is 3. The van der Waals surface area contributed by atoms with E-state index in [0.717, 1.165) is 4.68 Å². The summed E-state index contributed by atoms with van der Waals surface area (Å²) < 4.78 is 25.3. The number of hydrogen-bond acceptors (Lipinski definition) is 3. The van der Waals surface area contributed by atoms with Crippen LogP contribution in [0.3, 0.4) is 0 Å². The Bertz CT molecular complexity index is 423. The molecule has 0 aliphatic rings. The predicted molar refractivity (Wildman–Crippen MR) is 70.7 cm³/mol. The maximum atomic E-state index is 12.1. The van der Waals surface area contributed by atoms with E-state index >= 15 is 0 Å². The van der Waals surface area contributed by atoms with E-state index in [4.69, 9.17) is 0 Å². The fourth-order valence-electron chi connectivity index (χ4n) is 1.51. The van der Waals surface area contributed by atoms with Gasteiger partial charge in [0, 0.05) is 12.7 Å². The van der Waals surface area contributed by atoms with Gasteiger partial charge in [0.25, 0.3) is 6.43 Å². The van der Waals surface area contributed by atoms with E-state index in [0.29, 0.717) is 18.7 Å². The zero-order valence-electron chi connectivity index (χ0n) is 11.5. The van der Waals surface area contributed by atoms with Crippen LogP contribution in [0.25, 0.3) is 0 Å². The van der Waals surface area contributed by atoms with Crippen molar-refractivity contribution in [2.45, 2.75) is 39.3 Å². The lowest BCUT2D eigenvalue weighted by atomic mass is 10.0. The maximum absolute atomic E-state index is 12.1. The van der Waals surface area contributed by atoms with E-state index < -0.39 is 25.1 Å². The Balaban J connectivity index is 2.30. The molecule has 6 nitrogen and oxygen atoms in total. The predicted octanol–water partition coefficient (Wildman–Crippen LogP) is 1.68. The van der Waals surface area contributed by atoms with E-state index in [1.165, 1.54) is 12.4 Å². The number of anilines is 1. The van der Waals surface area contributed by atoms with Gasteiger partial charge in [-0.2, -0.15) is 5.10 Å².